The molecule has 0 unspecified atom stereocenters. The van der Waals surface area contributed by atoms with Crippen LogP contribution in [0.2, 0.25) is 0 Å². The fraction of sp³-hybridized carbons (Fsp3) is 0.588. The van der Waals surface area contributed by atoms with E-state index in [-0.39, 0.29) is 5.78 Å². The smallest absolute Gasteiger partial charge is 0.162 e. The Balaban J connectivity index is 1.50. The minimum atomic E-state index is 0.288. The van der Waals surface area contributed by atoms with Crippen LogP contribution in [0.4, 0.5) is 0 Å². The number of benzene rings is 1. The van der Waals surface area contributed by atoms with E-state index in [0.717, 1.165) is 23.7 Å². The third-order valence-electron chi connectivity index (χ3n) is 3.73. The van der Waals surface area contributed by atoms with E-state index < -0.39 is 0 Å². The Kier molecular flexibility index (Phi) is 7.60. The predicted molar refractivity (Wildman–Crippen MR) is 91.5 cm³/mol. The van der Waals surface area contributed by atoms with Crippen LogP contribution in [0.3, 0.4) is 0 Å². The summed E-state index contributed by atoms with van der Waals surface area (Å²) in [5, 5.41) is 0.889. The van der Waals surface area contributed by atoms with E-state index in [4.69, 9.17) is 0 Å². The van der Waals surface area contributed by atoms with Crippen LogP contribution < -0.4 is 0 Å². The summed E-state index contributed by atoms with van der Waals surface area (Å²) < 4.78 is 0. The van der Waals surface area contributed by atoms with Crippen molar-refractivity contribution in [3.63, 3.8) is 0 Å². The van der Waals surface area contributed by atoms with Gasteiger partial charge in [0.15, 0.2) is 5.78 Å². The first kappa shape index (κ1) is 16.0. The zero-order valence-corrected chi connectivity index (χ0v) is 13.7. The number of ketones is 1. The maximum Gasteiger partial charge on any atom is 0.162 e. The molecule has 1 nitrogen and oxygen atoms in total. The molecule has 20 heavy (non-hydrogen) atoms. The van der Waals surface area contributed by atoms with Crippen LogP contribution in [0.5, 0.6) is 0 Å². The lowest BCUT2D eigenvalue weighted by molar-refractivity contribution is 0.0980. The van der Waals surface area contributed by atoms with Crippen LogP contribution in [-0.4, -0.2) is 16.8 Å². The highest BCUT2D eigenvalue weighted by Gasteiger charge is 2.13. The third kappa shape index (κ3) is 5.92. The summed E-state index contributed by atoms with van der Waals surface area (Å²) in [7, 11) is 4.10. The third-order valence-corrected chi connectivity index (χ3v) is 6.79. The van der Waals surface area contributed by atoms with E-state index in [9.17, 15) is 4.79 Å². The molecule has 3 heteroatoms. The summed E-state index contributed by atoms with van der Waals surface area (Å²) in [5.74, 6) is 1.47. The van der Waals surface area contributed by atoms with Gasteiger partial charge in [0.05, 0.1) is 0 Å². The molecule has 0 aliphatic heterocycles. The highest BCUT2D eigenvalue weighted by Crippen LogP contribution is 2.36. The molecule has 110 valence electrons. The van der Waals surface area contributed by atoms with Gasteiger partial charge in [-0.25, -0.2) is 0 Å². The van der Waals surface area contributed by atoms with Gasteiger partial charge < -0.3 is 0 Å². The number of hydrogen-bond acceptors (Lipinski definition) is 3. The second-order valence-electron chi connectivity index (χ2n) is 5.42. The fourth-order valence-electron chi connectivity index (χ4n) is 2.52. The number of hydrogen-bond donors (Lipinski definition) is 0. The van der Waals surface area contributed by atoms with Gasteiger partial charge >= 0.3 is 0 Å². The molecule has 0 radical (unpaired) electrons. The SMILES string of the molecule is O=C(CCCCSSC1CCCCC1)c1ccccc1. The van der Waals surface area contributed by atoms with Crippen molar-refractivity contribution in [1.82, 2.24) is 0 Å². The highest BCUT2D eigenvalue weighted by atomic mass is 33.1. The Hall–Kier alpha value is -0.410. The lowest BCUT2D eigenvalue weighted by Gasteiger charge is -2.20. The summed E-state index contributed by atoms with van der Waals surface area (Å²) in [6, 6.07) is 9.65. The summed E-state index contributed by atoms with van der Waals surface area (Å²) in [6.07, 6.45) is 9.96. The molecule has 0 heterocycles. The van der Waals surface area contributed by atoms with E-state index in [1.54, 1.807) is 0 Å². The van der Waals surface area contributed by atoms with Gasteiger partial charge in [-0.3, -0.25) is 4.79 Å². The van der Waals surface area contributed by atoms with E-state index in [2.05, 4.69) is 10.8 Å². The van der Waals surface area contributed by atoms with E-state index >= 15 is 0 Å². The number of unbranched alkanes of at least 4 members (excludes halogenated alkanes) is 1. The van der Waals surface area contributed by atoms with Crippen molar-refractivity contribution >= 4 is 27.4 Å². The van der Waals surface area contributed by atoms with Crippen LogP contribution >= 0.6 is 21.6 Å². The van der Waals surface area contributed by atoms with Crippen LogP contribution in [0.1, 0.15) is 61.7 Å². The first-order chi connectivity index (χ1) is 9.86. The van der Waals surface area contributed by atoms with Crippen molar-refractivity contribution in [2.45, 2.75) is 56.6 Å². The van der Waals surface area contributed by atoms with Crippen molar-refractivity contribution in [2.24, 2.45) is 0 Å². The van der Waals surface area contributed by atoms with Gasteiger partial charge in [0.2, 0.25) is 0 Å². The summed E-state index contributed by atoms with van der Waals surface area (Å²) in [6.45, 7) is 0. The Morgan fingerprint density at radius 1 is 1.05 bits per heavy atom. The highest BCUT2D eigenvalue weighted by molar-refractivity contribution is 8.76. The molecule has 1 saturated carbocycles. The molecule has 0 amide bonds. The van der Waals surface area contributed by atoms with E-state index in [1.165, 1.54) is 37.9 Å². The minimum absolute atomic E-state index is 0.288. The molecule has 0 aromatic heterocycles. The van der Waals surface area contributed by atoms with Gasteiger partial charge in [-0.2, -0.15) is 0 Å². The normalized spacial score (nSPS) is 16.2. The second-order valence-corrected chi connectivity index (χ2v) is 8.21. The minimum Gasteiger partial charge on any atom is -0.294 e. The molecule has 1 aromatic rings. The maximum atomic E-state index is 11.9. The molecule has 0 spiro atoms. The average Bonchev–Trinajstić information content (AvgIpc) is 2.52. The standard InChI is InChI=1S/C17H24OS2/c18-17(15-9-3-1-4-10-15)13-7-8-14-19-20-16-11-5-2-6-12-16/h1,3-4,9-10,16H,2,5-8,11-14H2. The Morgan fingerprint density at radius 3 is 2.55 bits per heavy atom. The molecule has 2 rings (SSSR count). The van der Waals surface area contributed by atoms with Gasteiger partial charge in [-0.05, 0) is 25.7 Å². The van der Waals surface area contributed by atoms with Crippen LogP contribution in [0.15, 0.2) is 30.3 Å². The Morgan fingerprint density at radius 2 is 1.80 bits per heavy atom. The van der Waals surface area contributed by atoms with Crippen molar-refractivity contribution in [1.29, 1.82) is 0 Å². The van der Waals surface area contributed by atoms with Gasteiger partial charge in [0.25, 0.3) is 0 Å². The zero-order valence-electron chi connectivity index (χ0n) is 12.1. The van der Waals surface area contributed by atoms with Crippen molar-refractivity contribution in [3.05, 3.63) is 35.9 Å². The summed E-state index contributed by atoms with van der Waals surface area (Å²) in [4.78, 5) is 11.9. The van der Waals surface area contributed by atoms with Gasteiger partial charge in [-0.1, -0.05) is 71.2 Å². The second kappa shape index (κ2) is 9.51. The first-order valence-corrected chi connectivity index (χ1v) is 10.1. The molecular weight excluding hydrogens is 284 g/mol. The zero-order chi connectivity index (χ0) is 14.0. The van der Waals surface area contributed by atoms with Crippen molar-refractivity contribution in [2.75, 3.05) is 5.75 Å². The quantitative estimate of drug-likeness (QED) is 0.345. The predicted octanol–water partition coefficient (Wildman–Crippen LogP) is 5.75. The van der Waals surface area contributed by atoms with E-state index in [0.29, 0.717) is 6.42 Å². The number of Topliss-reactive ketones (excluding diaryl/α,β-unsaturated/α-hetero) is 1. The monoisotopic (exact) mass is 308 g/mol. The van der Waals surface area contributed by atoms with Gasteiger partial charge in [-0.15, -0.1) is 0 Å². The number of carbonyl (C=O) groups excluding carboxylic acids is 1. The lowest BCUT2D eigenvalue weighted by atomic mass is 10.0. The maximum absolute atomic E-state index is 11.9. The molecular formula is C17H24OS2. The molecule has 0 N–H and O–H groups in total. The molecule has 0 atom stereocenters. The van der Waals surface area contributed by atoms with Gasteiger partial charge in [0, 0.05) is 23.0 Å². The van der Waals surface area contributed by atoms with Crippen molar-refractivity contribution < 1.29 is 4.79 Å². The van der Waals surface area contributed by atoms with Crippen molar-refractivity contribution in [3.8, 4) is 0 Å². The molecule has 0 saturated heterocycles. The van der Waals surface area contributed by atoms with Gasteiger partial charge in [0.1, 0.15) is 0 Å². The Labute approximate surface area is 130 Å². The van der Waals surface area contributed by atoms with Crippen LogP contribution in [-0.2, 0) is 0 Å². The first-order valence-electron chi connectivity index (χ1n) is 7.73. The summed E-state index contributed by atoms with van der Waals surface area (Å²) in [5.41, 5.74) is 0.858. The molecule has 1 aliphatic carbocycles. The van der Waals surface area contributed by atoms with Crippen LogP contribution in [0.25, 0.3) is 0 Å². The van der Waals surface area contributed by atoms with Crippen LogP contribution in [0, 0.1) is 0 Å². The topological polar surface area (TPSA) is 17.1 Å². The molecule has 1 fully saturated rings. The summed E-state index contributed by atoms with van der Waals surface area (Å²) >= 11 is 0. The molecule has 1 aliphatic rings. The number of rotatable bonds is 8. The number of carbonyl (C=O) groups is 1. The molecule has 0 bridgehead atoms. The molecule has 1 aromatic carbocycles. The fourth-order valence-corrected chi connectivity index (χ4v) is 5.45. The average molecular weight is 309 g/mol. The Bertz CT molecular complexity index is 385. The largest absolute Gasteiger partial charge is 0.294 e. The lowest BCUT2D eigenvalue weighted by Crippen LogP contribution is -2.06. The van der Waals surface area contributed by atoms with E-state index in [1.807, 2.05) is 41.1 Å².